The average Bonchev–Trinajstić information content (AvgIpc) is 3.05. The lowest BCUT2D eigenvalue weighted by Gasteiger charge is -2.16. The van der Waals surface area contributed by atoms with Gasteiger partial charge < -0.3 is 30.4 Å². The SMILES string of the molecule is COc1cc(COc2ccc(N)cn2)ccc1C.Cc1cccc(COc2ccc(NC(=O)C3=C(C(=O)O)SCCS3)cc2Cl)c1. The summed E-state index contributed by atoms with van der Waals surface area (Å²) in [4.78, 5) is 28.2. The van der Waals surface area contributed by atoms with E-state index in [0.717, 1.165) is 28.0 Å². The first kappa shape index (κ1) is 34.6. The van der Waals surface area contributed by atoms with Gasteiger partial charge in [-0.2, -0.15) is 0 Å². The fraction of sp³-hybridized carbons (Fsp3) is 0.206. The molecule has 0 fully saturated rings. The molecular weight excluding hydrogens is 646 g/mol. The van der Waals surface area contributed by atoms with Gasteiger partial charge in [-0.05, 0) is 60.9 Å². The van der Waals surface area contributed by atoms with Crippen LogP contribution in [0.25, 0.3) is 0 Å². The molecule has 1 amide bonds. The number of nitrogens with one attached hydrogen (secondary N) is 1. The van der Waals surface area contributed by atoms with Gasteiger partial charge in [0.25, 0.3) is 5.91 Å². The molecule has 0 unspecified atom stereocenters. The number of hydrogen-bond acceptors (Lipinski definition) is 9. The average molecular weight is 680 g/mol. The van der Waals surface area contributed by atoms with Crippen molar-refractivity contribution in [3.63, 3.8) is 0 Å². The number of thioether (sulfide) groups is 2. The van der Waals surface area contributed by atoms with E-state index in [9.17, 15) is 14.7 Å². The summed E-state index contributed by atoms with van der Waals surface area (Å²) in [5.74, 6) is 1.76. The van der Waals surface area contributed by atoms with E-state index in [-0.39, 0.29) is 9.81 Å². The van der Waals surface area contributed by atoms with Crippen molar-refractivity contribution in [1.29, 1.82) is 0 Å². The smallest absolute Gasteiger partial charge is 0.343 e. The number of methoxy groups -OCH3 is 1. The van der Waals surface area contributed by atoms with Crippen molar-refractivity contribution in [3.05, 3.63) is 116 Å². The Balaban J connectivity index is 0.000000230. The molecule has 4 N–H and O–H groups in total. The molecule has 0 saturated carbocycles. The predicted octanol–water partition coefficient (Wildman–Crippen LogP) is 7.50. The van der Waals surface area contributed by atoms with Crippen molar-refractivity contribution in [3.8, 4) is 17.4 Å². The number of carbonyl (C=O) groups excluding carboxylic acids is 1. The Morgan fingerprint density at radius 3 is 2.33 bits per heavy atom. The molecule has 3 aromatic carbocycles. The fourth-order valence-electron chi connectivity index (χ4n) is 4.18. The summed E-state index contributed by atoms with van der Waals surface area (Å²) in [6.45, 7) is 4.86. The first-order valence-corrected chi connectivity index (χ1v) is 16.5. The van der Waals surface area contributed by atoms with Gasteiger partial charge in [0.15, 0.2) is 0 Å². The number of rotatable bonds is 10. The Morgan fingerprint density at radius 1 is 0.913 bits per heavy atom. The summed E-state index contributed by atoms with van der Waals surface area (Å²) in [7, 11) is 1.66. The molecule has 5 rings (SSSR count). The molecule has 4 aromatic rings. The highest BCUT2D eigenvalue weighted by atomic mass is 35.5. The summed E-state index contributed by atoms with van der Waals surface area (Å²) in [5.41, 5.74) is 11.0. The molecule has 0 spiro atoms. The van der Waals surface area contributed by atoms with Crippen LogP contribution in [0.4, 0.5) is 11.4 Å². The van der Waals surface area contributed by atoms with E-state index in [1.165, 1.54) is 23.5 Å². The summed E-state index contributed by atoms with van der Waals surface area (Å²) in [5, 5.41) is 12.3. The number of aryl methyl sites for hydroxylation is 2. The summed E-state index contributed by atoms with van der Waals surface area (Å²) >= 11 is 8.71. The van der Waals surface area contributed by atoms with Gasteiger partial charge in [-0.1, -0.05) is 53.6 Å². The molecule has 0 bridgehead atoms. The normalized spacial score (nSPS) is 12.4. The minimum atomic E-state index is -1.08. The maximum absolute atomic E-state index is 12.5. The number of benzene rings is 3. The number of pyridine rings is 1. The van der Waals surface area contributed by atoms with Crippen LogP contribution >= 0.6 is 35.1 Å². The lowest BCUT2D eigenvalue weighted by atomic mass is 10.1. The molecule has 46 heavy (non-hydrogen) atoms. The highest BCUT2D eigenvalue weighted by Crippen LogP contribution is 2.35. The number of halogens is 1. The van der Waals surface area contributed by atoms with E-state index >= 15 is 0 Å². The number of ether oxygens (including phenoxy) is 3. The number of carboxylic acid groups (broad SMARTS) is 1. The molecule has 2 heterocycles. The van der Waals surface area contributed by atoms with E-state index in [4.69, 9.17) is 31.5 Å². The van der Waals surface area contributed by atoms with Crippen LogP contribution in [0.3, 0.4) is 0 Å². The zero-order valence-electron chi connectivity index (χ0n) is 25.5. The number of nitrogen functional groups attached to an aromatic ring is 1. The van der Waals surface area contributed by atoms with Crippen LogP contribution in [0, 0.1) is 13.8 Å². The first-order valence-electron chi connectivity index (χ1n) is 14.1. The lowest BCUT2D eigenvalue weighted by molar-refractivity contribution is -0.132. The Labute approximate surface area is 281 Å². The second-order valence-corrected chi connectivity index (χ2v) is 12.7. The van der Waals surface area contributed by atoms with Crippen molar-refractivity contribution >= 4 is 58.4 Å². The Hall–Kier alpha value is -4.32. The number of aromatic nitrogens is 1. The third-order valence-electron chi connectivity index (χ3n) is 6.47. The van der Waals surface area contributed by atoms with Crippen LogP contribution in [-0.2, 0) is 22.8 Å². The molecule has 1 aliphatic rings. The third-order valence-corrected chi connectivity index (χ3v) is 9.31. The van der Waals surface area contributed by atoms with Gasteiger partial charge in [0.2, 0.25) is 5.88 Å². The largest absolute Gasteiger partial charge is 0.496 e. The van der Waals surface area contributed by atoms with Gasteiger partial charge in [-0.25, -0.2) is 9.78 Å². The monoisotopic (exact) mass is 679 g/mol. The van der Waals surface area contributed by atoms with Gasteiger partial charge in [0.05, 0.1) is 28.9 Å². The Bertz CT molecular complexity index is 1720. The fourth-order valence-corrected chi connectivity index (χ4v) is 6.59. The highest BCUT2D eigenvalue weighted by Gasteiger charge is 2.25. The number of anilines is 2. The Morgan fingerprint density at radius 2 is 1.65 bits per heavy atom. The zero-order valence-corrected chi connectivity index (χ0v) is 27.9. The molecule has 0 aliphatic carbocycles. The van der Waals surface area contributed by atoms with Crippen LogP contribution in [-0.4, -0.2) is 40.6 Å². The van der Waals surface area contributed by atoms with E-state index < -0.39 is 11.9 Å². The van der Waals surface area contributed by atoms with E-state index in [1.807, 2.05) is 56.3 Å². The van der Waals surface area contributed by atoms with Crippen LogP contribution in [0.1, 0.15) is 22.3 Å². The standard InChI is InChI=1S/C20H18ClNO4S2.C14H16N2O2/c1-12-3-2-4-13(9-12)11-26-16-6-5-14(10-15(16)21)22-19(23)17-18(20(24)25)28-8-7-27-17;1-10-3-4-11(7-13(10)17-2)9-18-14-6-5-12(15)8-16-14/h2-6,9-10H,7-8,11H2,1H3,(H,22,23)(H,24,25);3-8H,9,15H2,1-2H3. The topological polar surface area (TPSA) is 133 Å². The zero-order chi connectivity index (χ0) is 33.1. The molecule has 0 saturated heterocycles. The second kappa shape index (κ2) is 16.8. The van der Waals surface area contributed by atoms with Gasteiger partial charge in [-0.15, -0.1) is 23.5 Å². The van der Waals surface area contributed by atoms with E-state index in [1.54, 1.807) is 43.6 Å². The summed E-state index contributed by atoms with van der Waals surface area (Å²) < 4.78 is 16.6. The molecule has 1 aromatic heterocycles. The van der Waals surface area contributed by atoms with Crippen molar-refractivity contribution < 1.29 is 28.9 Å². The number of aliphatic carboxylic acids is 1. The molecule has 12 heteroatoms. The number of amides is 1. The van der Waals surface area contributed by atoms with E-state index in [2.05, 4.69) is 10.3 Å². The molecule has 9 nitrogen and oxygen atoms in total. The predicted molar refractivity (Wildman–Crippen MR) is 186 cm³/mol. The first-order chi connectivity index (χ1) is 22.1. The molecular formula is C34H34ClN3O6S2. The van der Waals surface area contributed by atoms with E-state index in [0.29, 0.717) is 52.7 Å². The summed E-state index contributed by atoms with van der Waals surface area (Å²) in [6.07, 6.45) is 1.57. The number of nitrogens with zero attached hydrogens (tertiary/aromatic N) is 1. The van der Waals surface area contributed by atoms with Crippen molar-refractivity contribution in [1.82, 2.24) is 4.98 Å². The minimum absolute atomic E-state index is 0.0814. The van der Waals surface area contributed by atoms with Crippen LogP contribution in [0.2, 0.25) is 5.02 Å². The number of carbonyl (C=O) groups is 2. The van der Waals surface area contributed by atoms with Crippen LogP contribution in [0.5, 0.6) is 17.4 Å². The number of carboxylic acids is 1. The maximum atomic E-state index is 12.5. The van der Waals surface area contributed by atoms with Crippen LogP contribution < -0.4 is 25.3 Å². The van der Waals surface area contributed by atoms with Gasteiger partial charge in [0.1, 0.15) is 29.6 Å². The highest BCUT2D eigenvalue weighted by molar-refractivity contribution is 8.11. The van der Waals surface area contributed by atoms with Crippen molar-refractivity contribution in [2.24, 2.45) is 0 Å². The molecule has 1 aliphatic heterocycles. The number of hydrogen-bond donors (Lipinski definition) is 3. The third kappa shape index (κ3) is 10.1. The maximum Gasteiger partial charge on any atom is 0.343 e. The minimum Gasteiger partial charge on any atom is -0.496 e. The summed E-state index contributed by atoms with van der Waals surface area (Å²) in [6, 6.07) is 22.4. The quantitative estimate of drug-likeness (QED) is 0.155. The van der Waals surface area contributed by atoms with Crippen molar-refractivity contribution in [2.45, 2.75) is 27.1 Å². The lowest BCUT2D eigenvalue weighted by Crippen LogP contribution is -2.19. The Kier molecular flexibility index (Phi) is 12.6. The van der Waals surface area contributed by atoms with Crippen LogP contribution in [0.15, 0.2) is 88.8 Å². The van der Waals surface area contributed by atoms with Gasteiger partial charge >= 0.3 is 5.97 Å². The molecule has 240 valence electrons. The van der Waals surface area contributed by atoms with Gasteiger partial charge in [-0.3, -0.25) is 4.79 Å². The van der Waals surface area contributed by atoms with Crippen molar-refractivity contribution in [2.75, 3.05) is 29.7 Å². The number of nitrogens with two attached hydrogens (primary N) is 1. The second-order valence-electron chi connectivity index (χ2n) is 10.1. The molecule has 0 radical (unpaired) electrons. The van der Waals surface area contributed by atoms with Gasteiger partial charge in [0, 0.05) is 23.3 Å². The molecule has 0 atom stereocenters.